The largest absolute Gasteiger partial charge is 1.00 e. The number of carbonyl (C=O) groups excluding carboxylic acids is 2. The number of rotatable bonds is 3. The number of benzene rings is 1. The van der Waals surface area contributed by atoms with Crippen molar-refractivity contribution in [3.63, 3.8) is 0 Å². The summed E-state index contributed by atoms with van der Waals surface area (Å²) >= 11 is 5.68. The van der Waals surface area contributed by atoms with E-state index in [2.05, 4.69) is 0 Å². The first-order valence-electron chi connectivity index (χ1n) is 3.78. The van der Waals surface area contributed by atoms with Gasteiger partial charge in [-0.15, -0.1) is 0 Å². The van der Waals surface area contributed by atoms with Crippen LogP contribution in [0, 0.1) is 0 Å². The van der Waals surface area contributed by atoms with E-state index in [9.17, 15) is 14.7 Å². The van der Waals surface area contributed by atoms with Crippen LogP contribution in [0.25, 0.3) is 6.08 Å². The summed E-state index contributed by atoms with van der Waals surface area (Å²) in [5.74, 6) is -2.78. The van der Waals surface area contributed by atoms with Crippen molar-refractivity contribution in [2.45, 2.75) is 0 Å². The van der Waals surface area contributed by atoms with Crippen LogP contribution in [0.3, 0.4) is 0 Å². The molecule has 0 unspecified atom stereocenters. The number of carboxylic acids is 1. The third-order valence-electron chi connectivity index (χ3n) is 1.48. The van der Waals surface area contributed by atoms with Gasteiger partial charge >= 0.3 is 29.6 Å². The predicted octanol–water partition coefficient (Wildman–Crippen LogP) is -2.32. The molecule has 3 nitrogen and oxygen atoms in total. The summed E-state index contributed by atoms with van der Waals surface area (Å²) in [6.07, 6.45) is 2.30. The van der Waals surface area contributed by atoms with Gasteiger partial charge in [-0.2, -0.15) is 0 Å². The summed E-state index contributed by atoms with van der Waals surface area (Å²) in [6, 6.07) is 6.69. The van der Waals surface area contributed by atoms with Crippen molar-refractivity contribution in [1.82, 2.24) is 0 Å². The Labute approximate surface area is 114 Å². The Morgan fingerprint density at radius 1 is 1.33 bits per heavy atom. The second-order valence-corrected chi connectivity index (χ2v) is 2.98. The average Bonchev–Trinajstić information content (AvgIpc) is 2.14. The van der Waals surface area contributed by atoms with Crippen molar-refractivity contribution in [1.29, 1.82) is 0 Å². The van der Waals surface area contributed by atoms with Crippen molar-refractivity contribution >= 4 is 29.4 Å². The maximum Gasteiger partial charge on any atom is 1.00 e. The number of hydrogen-bond donors (Lipinski definition) is 0. The zero-order chi connectivity index (χ0) is 10.6. The van der Waals surface area contributed by atoms with Gasteiger partial charge in [-0.3, -0.25) is 4.79 Å². The van der Waals surface area contributed by atoms with Gasteiger partial charge in [0.15, 0.2) is 0 Å². The van der Waals surface area contributed by atoms with Gasteiger partial charge in [0.25, 0.3) is 0 Å². The standard InChI is InChI=1S/C10H7ClO3.Na/c11-8-3-1-2-7(6-8)4-5-9(12)10(13)14;/h1-6H,(H,13,14);/q;+1/p-1/b5-4+;. The van der Waals surface area contributed by atoms with Crippen LogP contribution >= 0.6 is 11.6 Å². The molecule has 0 aliphatic carbocycles. The molecule has 0 spiro atoms. The minimum Gasteiger partial charge on any atom is -0.541 e. The number of aliphatic carboxylic acids is 1. The Hall–Kier alpha value is -0.610. The van der Waals surface area contributed by atoms with E-state index in [1.54, 1.807) is 24.3 Å². The second-order valence-electron chi connectivity index (χ2n) is 2.54. The number of halogens is 1. The molecule has 15 heavy (non-hydrogen) atoms. The fourth-order valence-corrected chi connectivity index (χ4v) is 1.05. The van der Waals surface area contributed by atoms with Crippen molar-refractivity contribution < 1.29 is 44.3 Å². The minimum absolute atomic E-state index is 0. The molecule has 0 radical (unpaired) electrons. The fourth-order valence-electron chi connectivity index (χ4n) is 0.850. The third kappa shape index (κ3) is 5.14. The summed E-state index contributed by atoms with van der Waals surface area (Å²) in [5, 5.41) is 10.6. The number of carbonyl (C=O) groups is 2. The van der Waals surface area contributed by atoms with Gasteiger partial charge in [0, 0.05) is 5.02 Å². The molecule has 1 aromatic carbocycles. The Morgan fingerprint density at radius 3 is 2.53 bits per heavy atom. The Bertz CT molecular complexity index is 401. The maximum absolute atomic E-state index is 10.6. The Kier molecular flexibility index (Phi) is 6.52. The molecule has 5 heteroatoms. The quantitative estimate of drug-likeness (QED) is 0.334. The van der Waals surface area contributed by atoms with Crippen LogP contribution in [0.15, 0.2) is 30.3 Å². The van der Waals surface area contributed by atoms with E-state index in [0.29, 0.717) is 10.6 Å². The summed E-state index contributed by atoms with van der Waals surface area (Å²) in [5.41, 5.74) is 0.659. The zero-order valence-corrected chi connectivity index (χ0v) is 10.8. The molecule has 0 fully saturated rings. The summed E-state index contributed by atoms with van der Waals surface area (Å²) in [6.45, 7) is 0. The van der Waals surface area contributed by atoms with Gasteiger partial charge in [-0.25, -0.2) is 0 Å². The van der Waals surface area contributed by atoms with Crippen molar-refractivity contribution in [3.8, 4) is 0 Å². The molecular formula is C10H6ClNaO3. The first kappa shape index (κ1) is 14.4. The molecule has 0 aliphatic heterocycles. The number of ketones is 1. The summed E-state index contributed by atoms with van der Waals surface area (Å²) in [4.78, 5) is 20.7. The molecule has 0 saturated heterocycles. The molecule has 0 aliphatic rings. The van der Waals surface area contributed by atoms with E-state index in [1.807, 2.05) is 0 Å². The number of hydrogen-bond acceptors (Lipinski definition) is 3. The SMILES string of the molecule is O=C([O-])C(=O)/C=C/c1cccc(Cl)c1.[Na+]. The van der Waals surface area contributed by atoms with Gasteiger partial charge < -0.3 is 9.90 Å². The molecule has 72 valence electrons. The molecule has 0 heterocycles. The van der Waals surface area contributed by atoms with Gasteiger partial charge in [0.2, 0.25) is 5.78 Å². The normalized spacial score (nSPS) is 9.67. The molecule has 0 N–H and O–H groups in total. The van der Waals surface area contributed by atoms with E-state index in [0.717, 1.165) is 6.08 Å². The molecule has 0 aromatic heterocycles. The van der Waals surface area contributed by atoms with Crippen LogP contribution in [0.1, 0.15) is 5.56 Å². The minimum atomic E-state index is -1.72. The predicted molar refractivity (Wildman–Crippen MR) is 50.5 cm³/mol. The molecule has 1 aromatic rings. The van der Waals surface area contributed by atoms with Crippen molar-refractivity contribution in [2.24, 2.45) is 0 Å². The Morgan fingerprint density at radius 2 is 2.00 bits per heavy atom. The van der Waals surface area contributed by atoms with Gasteiger partial charge in [0.05, 0.1) is 0 Å². The zero-order valence-electron chi connectivity index (χ0n) is 8.07. The van der Waals surface area contributed by atoms with Gasteiger partial charge in [0.1, 0.15) is 5.97 Å². The smallest absolute Gasteiger partial charge is 0.541 e. The molecular weight excluding hydrogens is 227 g/mol. The first-order valence-corrected chi connectivity index (χ1v) is 4.16. The molecule has 0 amide bonds. The molecule has 0 atom stereocenters. The van der Waals surface area contributed by atoms with E-state index < -0.39 is 11.8 Å². The fraction of sp³-hybridized carbons (Fsp3) is 0. The third-order valence-corrected chi connectivity index (χ3v) is 1.71. The van der Waals surface area contributed by atoms with Gasteiger partial charge in [-0.05, 0) is 23.8 Å². The van der Waals surface area contributed by atoms with E-state index in [4.69, 9.17) is 11.6 Å². The van der Waals surface area contributed by atoms with Crippen molar-refractivity contribution in [2.75, 3.05) is 0 Å². The van der Waals surface area contributed by atoms with Crippen LogP contribution in [0.2, 0.25) is 5.02 Å². The molecule has 1 rings (SSSR count). The topological polar surface area (TPSA) is 57.2 Å². The van der Waals surface area contributed by atoms with Crippen LogP contribution in [-0.4, -0.2) is 11.8 Å². The molecule has 0 saturated carbocycles. The molecule has 0 bridgehead atoms. The van der Waals surface area contributed by atoms with E-state index in [1.165, 1.54) is 6.08 Å². The maximum atomic E-state index is 10.6. The van der Waals surface area contributed by atoms with Crippen LogP contribution < -0.4 is 34.7 Å². The monoisotopic (exact) mass is 232 g/mol. The van der Waals surface area contributed by atoms with E-state index in [-0.39, 0.29) is 29.6 Å². The van der Waals surface area contributed by atoms with Crippen LogP contribution in [0.4, 0.5) is 0 Å². The summed E-state index contributed by atoms with van der Waals surface area (Å²) < 4.78 is 0. The van der Waals surface area contributed by atoms with Gasteiger partial charge in [-0.1, -0.05) is 29.8 Å². The van der Waals surface area contributed by atoms with E-state index >= 15 is 0 Å². The van der Waals surface area contributed by atoms with Crippen LogP contribution in [-0.2, 0) is 9.59 Å². The number of carboxylic acid groups (broad SMARTS) is 1. The Balaban J connectivity index is 0.00000196. The van der Waals surface area contributed by atoms with Crippen molar-refractivity contribution in [3.05, 3.63) is 40.9 Å². The average molecular weight is 233 g/mol. The second kappa shape index (κ2) is 6.80. The van der Waals surface area contributed by atoms with Crippen LogP contribution in [0.5, 0.6) is 0 Å². The first-order chi connectivity index (χ1) is 6.59. The summed E-state index contributed by atoms with van der Waals surface area (Å²) in [7, 11) is 0.